The van der Waals surface area contributed by atoms with E-state index in [1.807, 2.05) is 0 Å². The molecule has 1 fully saturated rings. The van der Waals surface area contributed by atoms with E-state index in [4.69, 9.17) is 0 Å². The molecule has 0 radical (unpaired) electrons. The number of nitrogens with one attached hydrogen (secondary N) is 1. The van der Waals surface area contributed by atoms with Gasteiger partial charge in [0.15, 0.2) is 0 Å². The van der Waals surface area contributed by atoms with Crippen LogP contribution in [0.15, 0.2) is 6.20 Å². The molecule has 2 aliphatic rings. The average molecular weight is 233 g/mol. The van der Waals surface area contributed by atoms with Crippen molar-refractivity contribution in [1.82, 2.24) is 14.9 Å². The Morgan fingerprint density at radius 3 is 3.24 bits per heavy atom. The van der Waals surface area contributed by atoms with Gasteiger partial charge in [0.1, 0.15) is 5.82 Å². The number of aromatic nitrogens is 2. The topological polar surface area (TPSA) is 29.9 Å². The lowest BCUT2D eigenvalue weighted by Crippen LogP contribution is -2.32. The Balaban J connectivity index is 1.72. The Bertz CT molecular complexity index is 377. The monoisotopic (exact) mass is 233 g/mol. The number of rotatable bonds is 2. The van der Waals surface area contributed by atoms with Crippen LogP contribution in [-0.4, -0.2) is 22.6 Å². The third-order valence-electron chi connectivity index (χ3n) is 4.28. The van der Waals surface area contributed by atoms with Crippen molar-refractivity contribution in [3.05, 3.63) is 17.7 Å². The van der Waals surface area contributed by atoms with Gasteiger partial charge in [0.25, 0.3) is 0 Å². The number of fused-ring (bicyclic) bond motifs is 1. The van der Waals surface area contributed by atoms with Crippen LogP contribution in [0.4, 0.5) is 0 Å². The Hall–Kier alpha value is -0.830. The van der Waals surface area contributed by atoms with Gasteiger partial charge < -0.3 is 9.88 Å². The van der Waals surface area contributed by atoms with E-state index in [1.165, 1.54) is 63.3 Å². The first-order valence-electron chi connectivity index (χ1n) is 7.07. The average Bonchev–Trinajstić information content (AvgIpc) is 2.73. The van der Waals surface area contributed by atoms with Gasteiger partial charge in [-0.15, -0.1) is 0 Å². The van der Waals surface area contributed by atoms with Gasteiger partial charge in [0, 0.05) is 24.9 Å². The minimum Gasteiger partial charge on any atom is -0.332 e. The standard InChI is InChI=1S/C14H23N3/c1-11-4-5-13-9-16-14(17(13)10-11)7-12-3-2-6-15-8-12/h9,11-12,15H,2-8,10H2,1H3. The molecular formula is C14H23N3. The van der Waals surface area contributed by atoms with Gasteiger partial charge in [-0.2, -0.15) is 0 Å². The summed E-state index contributed by atoms with van der Waals surface area (Å²) in [5.74, 6) is 2.95. The highest BCUT2D eigenvalue weighted by Crippen LogP contribution is 2.23. The summed E-state index contributed by atoms with van der Waals surface area (Å²) in [5.41, 5.74) is 1.46. The van der Waals surface area contributed by atoms with Gasteiger partial charge >= 0.3 is 0 Å². The van der Waals surface area contributed by atoms with Crippen molar-refractivity contribution in [3.8, 4) is 0 Å². The van der Waals surface area contributed by atoms with Gasteiger partial charge in [-0.1, -0.05) is 6.92 Å². The molecule has 0 bridgehead atoms. The van der Waals surface area contributed by atoms with Crippen LogP contribution in [0.25, 0.3) is 0 Å². The second-order valence-electron chi connectivity index (χ2n) is 5.84. The lowest BCUT2D eigenvalue weighted by molar-refractivity contribution is 0.348. The third kappa shape index (κ3) is 2.39. The van der Waals surface area contributed by atoms with Gasteiger partial charge in [0.05, 0.1) is 0 Å². The molecule has 2 unspecified atom stereocenters. The smallest absolute Gasteiger partial charge is 0.109 e. The molecule has 2 atom stereocenters. The lowest BCUT2D eigenvalue weighted by Gasteiger charge is -2.25. The summed E-state index contributed by atoms with van der Waals surface area (Å²) in [6, 6.07) is 0. The lowest BCUT2D eigenvalue weighted by atomic mass is 9.95. The van der Waals surface area contributed by atoms with E-state index >= 15 is 0 Å². The van der Waals surface area contributed by atoms with Gasteiger partial charge in [-0.3, -0.25) is 0 Å². The van der Waals surface area contributed by atoms with Crippen molar-refractivity contribution in [1.29, 1.82) is 0 Å². The maximum Gasteiger partial charge on any atom is 0.109 e. The van der Waals surface area contributed by atoms with E-state index in [9.17, 15) is 0 Å². The summed E-state index contributed by atoms with van der Waals surface area (Å²) in [7, 11) is 0. The van der Waals surface area contributed by atoms with E-state index in [-0.39, 0.29) is 0 Å². The van der Waals surface area contributed by atoms with Crippen LogP contribution in [0.1, 0.15) is 37.7 Å². The van der Waals surface area contributed by atoms with Crippen molar-refractivity contribution in [3.63, 3.8) is 0 Å². The van der Waals surface area contributed by atoms with Crippen molar-refractivity contribution >= 4 is 0 Å². The predicted molar refractivity (Wildman–Crippen MR) is 69.0 cm³/mol. The number of aryl methyl sites for hydroxylation is 1. The molecule has 3 nitrogen and oxygen atoms in total. The molecule has 2 aliphatic heterocycles. The second-order valence-corrected chi connectivity index (χ2v) is 5.84. The van der Waals surface area contributed by atoms with Crippen molar-refractivity contribution in [2.24, 2.45) is 11.8 Å². The molecular weight excluding hydrogens is 210 g/mol. The molecule has 3 heterocycles. The number of imidazole rings is 1. The Kier molecular flexibility index (Phi) is 3.19. The zero-order chi connectivity index (χ0) is 11.7. The first-order valence-corrected chi connectivity index (χ1v) is 7.07. The molecule has 0 aromatic carbocycles. The highest BCUT2D eigenvalue weighted by Gasteiger charge is 2.21. The minimum atomic E-state index is 0.799. The van der Waals surface area contributed by atoms with Crippen LogP contribution in [0.5, 0.6) is 0 Å². The first kappa shape index (κ1) is 11.3. The van der Waals surface area contributed by atoms with Gasteiger partial charge in [-0.05, 0) is 50.6 Å². The second kappa shape index (κ2) is 4.81. The molecule has 0 spiro atoms. The predicted octanol–water partition coefficient (Wildman–Crippen LogP) is 2.01. The summed E-state index contributed by atoms with van der Waals surface area (Å²) >= 11 is 0. The highest BCUT2D eigenvalue weighted by molar-refractivity contribution is 5.09. The fourth-order valence-electron chi connectivity index (χ4n) is 3.19. The zero-order valence-electron chi connectivity index (χ0n) is 10.8. The molecule has 0 amide bonds. The number of hydrogen-bond donors (Lipinski definition) is 1. The summed E-state index contributed by atoms with van der Waals surface area (Å²) < 4.78 is 2.49. The highest BCUT2D eigenvalue weighted by atomic mass is 15.1. The molecule has 1 saturated heterocycles. The summed E-state index contributed by atoms with van der Waals surface area (Å²) in [6.45, 7) is 5.92. The van der Waals surface area contributed by atoms with E-state index < -0.39 is 0 Å². The van der Waals surface area contributed by atoms with Gasteiger partial charge in [0.2, 0.25) is 0 Å². The van der Waals surface area contributed by atoms with Crippen LogP contribution in [0.3, 0.4) is 0 Å². The van der Waals surface area contributed by atoms with Gasteiger partial charge in [-0.25, -0.2) is 4.98 Å². The van der Waals surface area contributed by atoms with Crippen molar-refractivity contribution in [2.45, 2.75) is 45.6 Å². The Morgan fingerprint density at radius 1 is 1.47 bits per heavy atom. The molecule has 17 heavy (non-hydrogen) atoms. The molecule has 0 saturated carbocycles. The van der Waals surface area contributed by atoms with E-state index in [1.54, 1.807) is 0 Å². The molecule has 3 rings (SSSR count). The van der Waals surface area contributed by atoms with Crippen LogP contribution < -0.4 is 5.32 Å². The Morgan fingerprint density at radius 2 is 2.41 bits per heavy atom. The van der Waals surface area contributed by atoms with E-state index in [2.05, 4.69) is 28.0 Å². The first-order chi connectivity index (χ1) is 8.33. The maximum atomic E-state index is 4.66. The number of hydrogen-bond acceptors (Lipinski definition) is 2. The van der Waals surface area contributed by atoms with E-state index in [0.29, 0.717) is 0 Å². The molecule has 3 heteroatoms. The maximum absolute atomic E-state index is 4.66. The normalized spacial score (nSPS) is 29.0. The SMILES string of the molecule is CC1CCc2cnc(CC3CCCNC3)n2C1. The molecule has 1 aromatic heterocycles. The van der Waals surface area contributed by atoms with Crippen LogP contribution >= 0.6 is 0 Å². The fraction of sp³-hybridized carbons (Fsp3) is 0.786. The van der Waals surface area contributed by atoms with Crippen molar-refractivity contribution in [2.75, 3.05) is 13.1 Å². The number of nitrogens with zero attached hydrogens (tertiary/aromatic N) is 2. The molecule has 1 N–H and O–H groups in total. The largest absolute Gasteiger partial charge is 0.332 e. The fourth-order valence-corrected chi connectivity index (χ4v) is 3.19. The molecule has 1 aromatic rings. The minimum absolute atomic E-state index is 0.799. The van der Waals surface area contributed by atoms with Crippen LogP contribution in [0, 0.1) is 11.8 Å². The number of piperidine rings is 1. The summed E-state index contributed by atoms with van der Waals surface area (Å²) in [6.07, 6.45) is 8.52. The van der Waals surface area contributed by atoms with Crippen LogP contribution in [0.2, 0.25) is 0 Å². The quantitative estimate of drug-likeness (QED) is 0.847. The van der Waals surface area contributed by atoms with Crippen LogP contribution in [-0.2, 0) is 19.4 Å². The summed E-state index contributed by atoms with van der Waals surface area (Å²) in [4.78, 5) is 4.66. The summed E-state index contributed by atoms with van der Waals surface area (Å²) in [5, 5.41) is 3.50. The van der Waals surface area contributed by atoms with Crippen molar-refractivity contribution < 1.29 is 0 Å². The van der Waals surface area contributed by atoms with E-state index in [0.717, 1.165) is 11.8 Å². The Labute approximate surface area is 104 Å². The third-order valence-corrected chi connectivity index (χ3v) is 4.28. The molecule has 0 aliphatic carbocycles. The molecule has 94 valence electrons. The zero-order valence-corrected chi connectivity index (χ0v) is 10.8.